The lowest BCUT2D eigenvalue weighted by molar-refractivity contribution is 0.0916. The third-order valence-electron chi connectivity index (χ3n) is 3.55. The van der Waals surface area contributed by atoms with Crippen LogP contribution in [0.15, 0.2) is 53.4 Å². The molecule has 0 heterocycles. The van der Waals surface area contributed by atoms with Gasteiger partial charge in [-0.25, -0.2) is 4.39 Å². The van der Waals surface area contributed by atoms with Gasteiger partial charge < -0.3 is 10.4 Å². The highest BCUT2D eigenvalue weighted by atomic mass is 32.2. The number of hydrogen-bond donors (Lipinski definition) is 2. The summed E-state index contributed by atoms with van der Waals surface area (Å²) in [5.74, 6) is -0.602. The van der Waals surface area contributed by atoms with Gasteiger partial charge in [0.15, 0.2) is 0 Å². The Morgan fingerprint density at radius 3 is 2.61 bits per heavy atom. The summed E-state index contributed by atoms with van der Waals surface area (Å²) in [7, 11) is 0. The molecule has 3 nitrogen and oxygen atoms in total. The highest BCUT2D eigenvalue weighted by Crippen LogP contribution is 2.21. The number of hydrogen-bond acceptors (Lipinski definition) is 3. The molecule has 2 atom stereocenters. The van der Waals surface area contributed by atoms with Crippen molar-refractivity contribution in [1.29, 1.82) is 0 Å². The Hall–Kier alpha value is -1.85. The summed E-state index contributed by atoms with van der Waals surface area (Å²) in [5, 5.41) is 13.0. The number of carbonyl (C=O) groups excluding carboxylic acids is 1. The highest BCUT2D eigenvalue weighted by molar-refractivity contribution is 7.98. The highest BCUT2D eigenvalue weighted by Gasteiger charge is 2.16. The molecule has 0 aliphatic carbocycles. The van der Waals surface area contributed by atoms with Crippen molar-refractivity contribution < 1.29 is 14.3 Å². The van der Waals surface area contributed by atoms with Gasteiger partial charge in [-0.05, 0) is 43.4 Å². The minimum atomic E-state index is -0.638. The minimum absolute atomic E-state index is 0.208. The molecular weight excluding hydrogens is 313 g/mol. The first kappa shape index (κ1) is 17.5. The van der Waals surface area contributed by atoms with Gasteiger partial charge in [0.25, 0.3) is 5.91 Å². The summed E-state index contributed by atoms with van der Waals surface area (Å²) in [6.45, 7) is 1.84. The Morgan fingerprint density at radius 2 is 1.96 bits per heavy atom. The molecule has 0 spiro atoms. The molecule has 0 fully saturated rings. The fourth-order valence-corrected chi connectivity index (χ4v) is 2.82. The Labute approximate surface area is 139 Å². The van der Waals surface area contributed by atoms with E-state index in [1.807, 2.05) is 37.3 Å². The zero-order valence-corrected chi connectivity index (χ0v) is 13.9. The number of rotatable bonds is 6. The van der Waals surface area contributed by atoms with Crippen LogP contribution < -0.4 is 5.32 Å². The molecule has 0 aliphatic rings. The number of nitrogens with one attached hydrogen (secondary N) is 1. The number of aliphatic hydroxyl groups excluding tert-OH is 1. The van der Waals surface area contributed by atoms with Crippen molar-refractivity contribution in [3.63, 3.8) is 0 Å². The quantitative estimate of drug-likeness (QED) is 0.791. The van der Waals surface area contributed by atoms with Crippen molar-refractivity contribution in [2.24, 2.45) is 0 Å². The van der Waals surface area contributed by atoms with E-state index in [4.69, 9.17) is 0 Å². The summed E-state index contributed by atoms with van der Waals surface area (Å²) < 4.78 is 13.5. The fraction of sp³-hybridized carbons (Fsp3) is 0.278. The molecule has 0 bridgehead atoms. The Kier molecular flexibility index (Phi) is 6.19. The standard InChI is InChI=1S/C18H20FNO2S/c1-12(10-16(21)13-6-4-3-5-7-13)20-18(22)14-8-9-15(19)17(11-14)23-2/h3-9,11-12,16,21H,10H2,1-2H3,(H,20,22). The average Bonchev–Trinajstić information content (AvgIpc) is 2.55. The van der Waals surface area contributed by atoms with E-state index in [-0.39, 0.29) is 17.8 Å². The lowest BCUT2D eigenvalue weighted by Gasteiger charge is -2.18. The molecule has 23 heavy (non-hydrogen) atoms. The van der Waals surface area contributed by atoms with E-state index in [9.17, 15) is 14.3 Å². The van der Waals surface area contributed by atoms with Crippen LogP contribution in [0.3, 0.4) is 0 Å². The molecule has 0 aromatic heterocycles. The van der Waals surface area contributed by atoms with Gasteiger partial charge in [0.1, 0.15) is 5.82 Å². The van der Waals surface area contributed by atoms with Crippen LogP contribution >= 0.6 is 11.8 Å². The van der Waals surface area contributed by atoms with Crippen molar-refractivity contribution in [1.82, 2.24) is 5.32 Å². The summed E-state index contributed by atoms with van der Waals surface area (Å²) in [4.78, 5) is 12.7. The Bertz CT molecular complexity index is 663. The van der Waals surface area contributed by atoms with Gasteiger partial charge in [0.2, 0.25) is 0 Å². The van der Waals surface area contributed by atoms with Crippen LogP contribution in [0.4, 0.5) is 4.39 Å². The third-order valence-corrected chi connectivity index (χ3v) is 4.30. The first-order valence-corrected chi connectivity index (χ1v) is 8.61. The molecule has 1 amide bonds. The number of halogens is 1. The Balaban J connectivity index is 1.97. The van der Waals surface area contributed by atoms with Crippen LogP contribution in [0.5, 0.6) is 0 Å². The van der Waals surface area contributed by atoms with E-state index in [0.717, 1.165) is 5.56 Å². The normalized spacial score (nSPS) is 13.4. The van der Waals surface area contributed by atoms with Gasteiger partial charge in [-0.15, -0.1) is 11.8 Å². The monoisotopic (exact) mass is 333 g/mol. The largest absolute Gasteiger partial charge is 0.388 e. The topological polar surface area (TPSA) is 49.3 Å². The molecule has 0 saturated carbocycles. The zero-order chi connectivity index (χ0) is 16.8. The lowest BCUT2D eigenvalue weighted by Crippen LogP contribution is -2.33. The van der Waals surface area contributed by atoms with Crippen molar-refractivity contribution in [2.75, 3.05) is 6.26 Å². The molecule has 0 aliphatic heterocycles. The lowest BCUT2D eigenvalue weighted by atomic mass is 10.0. The average molecular weight is 333 g/mol. The third kappa shape index (κ3) is 4.81. The van der Waals surface area contributed by atoms with E-state index in [0.29, 0.717) is 16.9 Å². The molecular formula is C18H20FNO2S. The van der Waals surface area contributed by atoms with Crippen LogP contribution in [-0.2, 0) is 0 Å². The van der Waals surface area contributed by atoms with Crippen molar-refractivity contribution >= 4 is 17.7 Å². The number of thioether (sulfide) groups is 1. The second-order valence-corrected chi connectivity index (χ2v) is 6.23. The van der Waals surface area contributed by atoms with E-state index < -0.39 is 6.10 Å². The fourth-order valence-electron chi connectivity index (χ4n) is 2.31. The molecule has 2 unspecified atom stereocenters. The molecule has 2 aromatic rings. The molecule has 0 saturated heterocycles. The second-order valence-electron chi connectivity index (χ2n) is 5.39. The van der Waals surface area contributed by atoms with Crippen molar-refractivity contribution in [2.45, 2.75) is 30.4 Å². The van der Waals surface area contributed by atoms with Crippen LogP contribution in [0.1, 0.15) is 35.4 Å². The van der Waals surface area contributed by atoms with Crippen LogP contribution in [0.2, 0.25) is 0 Å². The van der Waals surface area contributed by atoms with Crippen molar-refractivity contribution in [3.8, 4) is 0 Å². The van der Waals surface area contributed by atoms with Crippen LogP contribution in [0.25, 0.3) is 0 Å². The van der Waals surface area contributed by atoms with Crippen LogP contribution in [-0.4, -0.2) is 23.3 Å². The molecule has 5 heteroatoms. The summed E-state index contributed by atoms with van der Waals surface area (Å²) >= 11 is 1.26. The predicted molar refractivity (Wildman–Crippen MR) is 91.1 cm³/mol. The summed E-state index contributed by atoms with van der Waals surface area (Å²) in [6.07, 6.45) is 1.53. The molecule has 122 valence electrons. The van der Waals surface area contributed by atoms with Crippen molar-refractivity contribution in [3.05, 3.63) is 65.5 Å². The maximum absolute atomic E-state index is 13.5. The number of aliphatic hydroxyl groups is 1. The molecule has 2 aromatic carbocycles. The minimum Gasteiger partial charge on any atom is -0.388 e. The van der Waals surface area contributed by atoms with E-state index in [1.54, 1.807) is 6.26 Å². The first-order chi connectivity index (χ1) is 11.0. The van der Waals surface area contributed by atoms with Gasteiger partial charge in [0, 0.05) is 16.5 Å². The Morgan fingerprint density at radius 1 is 1.26 bits per heavy atom. The van der Waals surface area contributed by atoms with E-state index in [1.165, 1.54) is 30.0 Å². The summed E-state index contributed by atoms with van der Waals surface area (Å²) in [6, 6.07) is 13.4. The van der Waals surface area contributed by atoms with Gasteiger partial charge in [-0.3, -0.25) is 4.79 Å². The molecule has 2 rings (SSSR count). The number of carbonyl (C=O) groups is 1. The number of benzene rings is 2. The van der Waals surface area contributed by atoms with Gasteiger partial charge in [0.05, 0.1) is 6.10 Å². The smallest absolute Gasteiger partial charge is 0.251 e. The SMILES string of the molecule is CSc1cc(C(=O)NC(C)CC(O)c2ccccc2)ccc1F. The second kappa shape index (κ2) is 8.13. The first-order valence-electron chi connectivity index (χ1n) is 7.38. The van der Waals surface area contributed by atoms with Gasteiger partial charge in [-0.2, -0.15) is 0 Å². The van der Waals surface area contributed by atoms with E-state index in [2.05, 4.69) is 5.32 Å². The van der Waals surface area contributed by atoms with Gasteiger partial charge >= 0.3 is 0 Å². The zero-order valence-electron chi connectivity index (χ0n) is 13.1. The number of amides is 1. The molecule has 2 N–H and O–H groups in total. The maximum Gasteiger partial charge on any atom is 0.251 e. The van der Waals surface area contributed by atoms with E-state index >= 15 is 0 Å². The van der Waals surface area contributed by atoms with Gasteiger partial charge in [-0.1, -0.05) is 30.3 Å². The maximum atomic E-state index is 13.5. The summed E-state index contributed by atoms with van der Waals surface area (Å²) in [5.41, 5.74) is 1.23. The van der Waals surface area contributed by atoms with Crippen LogP contribution in [0, 0.1) is 5.82 Å². The predicted octanol–water partition coefficient (Wildman–Crippen LogP) is 3.79. The molecule has 0 radical (unpaired) electrons.